The Hall–Kier alpha value is -3.23. The summed E-state index contributed by atoms with van der Waals surface area (Å²) in [7, 11) is 0. The summed E-state index contributed by atoms with van der Waals surface area (Å²) in [6.07, 6.45) is 7.95. The van der Waals surface area contributed by atoms with Crippen molar-refractivity contribution in [1.82, 2.24) is 24.5 Å². The average molecular weight is 419 g/mol. The molecule has 8 nitrogen and oxygen atoms in total. The van der Waals surface area contributed by atoms with Gasteiger partial charge in [-0.05, 0) is 49.9 Å². The third-order valence-corrected chi connectivity index (χ3v) is 5.75. The van der Waals surface area contributed by atoms with Crippen LogP contribution in [-0.2, 0) is 11.3 Å². The Morgan fingerprint density at radius 2 is 2.19 bits per heavy atom. The highest BCUT2D eigenvalue weighted by Crippen LogP contribution is 2.27. The zero-order chi connectivity index (χ0) is 21.4. The standard InChI is InChI=1S/C23H25N5O3/c1-15(29)16-8-9-21-26-17(14-27(21)13-16)11-24-23(30)18-5-4-6-20-19(18)12-25-28(20)22-7-2-3-10-31-22/h4-6,8-9,12-15,22,29H,2-3,7,10-11H2,1H3,(H,24,30). The Labute approximate surface area is 179 Å². The monoisotopic (exact) mass is 419 g/mol. The molecule has 0 radical (unpaired) electrons. The van der Waals surface area contributed by atoms with E-state index < -0.39 is 6.10 Å². The lowest BCUT2D eigenvalue weighted by Gasteiger charge is -2.23. The molecule has 0 saturated carbocycles. The van der Waals surface area contributed by atoms with Crippen LogP contribution in [0.1, 0.15) is 60.1 Å². The van der Waals surface area contributed by atoms with Crippen LogP contribution in [0.15, 0.2) is 48.9 Å². The summed E-state index contributed by atoms with van der Waals surface area (Å²) in [4.78, 5) is 17.5. The molecule has 1 aromatic carbocycles. The Balaban J connectivity index is 1.34. The topological polar surface area (TPSA) is 93.7 Å². The number of nitrogens with zero attached hydrogens (tertiary/aromatic N) is 4. The largest absolute Gasteiger partial charge is 0.389 e. The molecule has 3 aromatic heterocycles. The number of hydrogen-bond donors (Lipinski definition) is 2. The minimum Gasteiger partial charge on any atom is -0.389 e. The van der Waals surface area contributed by atoms with Gasteiger partial charge in [-0.2, -0.15) is 5.10 Å². The van der Waals surface area contributed by atoms with Gasteiger partial charge in [0.1, 0.15) is 5.65 Å². The minimum atomic E-state index is -0.546. The molecule has 2 N–H and O–H groups in total. The summed E-state index contributed by atoms with van der Waals surface area (Å²) in [5, 5.41) is 18.0. The van der Waals surface area contributed by atoms with E-state index in [0.29, 0.717) is 12.1 Å². The van der Waals surface area contributed by atoms with Crippen LogP contribution in [0.25, 0.3) is 16.6 Å². The van der Waals surface area contributed by atoms with E-state index in [-0.39, 0.29) is 12.1 Å². The first-order chi connectivity index (χ1) is 15.1. The second kappa shape index (κ2) is 8.13. The van der Waals surface area contributed by atoms with Crippen molar-refractivity contribution in [2.75, 3.05) is 6.61 Å². The molecule has 8 heteroatoms. The molecular weight excluding hydrogens is 394 g/mol. The van der Waals surface area contributed by atoms with Gasteiger partial charge in [-0.3, -0.25) is 4.79 Å². The van der Waals surface area contributed by atoms with Crippen LogP contribution in [-0.4, -0.2) is 36.8 Å². The number of carbonyl (C=O) groups is 1. The Kier molecular flexibility index (Phi) is 5.17. The fourth-order valence-corrected chi connectivity index (χ4v) is 4.07. The van der Waals surface area contributed by atoms with E-state index in [1.807, 2.05) is 51.8 Å². The van der Waals surface area contributed by atoms with Gasteiger partial charge in [0.25, 0.3) is 5.91 Å². The van der Waals surface area contributed by atoms with E-state index in [9.17, 15) is 9.90 Å². The van der Waals surface area contributed by atoms with Crippen molar-refractivity contribution in [2.24, 2.45) is 0 Å². The van der Waals surface area contributed by atoms with E-state index in [0.717, 1.165) is 53.7 Å². The predicted molar refractivity (Wildman–Crippen MR) is 116 cm³/mol. The van der Waals surface area contributed by atoms with Gasteiger partial charge in [0.2, 0.25) is 0 Å². The number of aliphatic hydroxyl groups excluding tert-OH is 1. The maximum Gasteiger partial charge on any atom is 0.252 e. The number of rotatable bonds is 5. The Morgan fingerprint density at radius 1 is 1.29 bits per heavy atom. The van der Waals surface area contributed by atoms with Gasteiger partial charge in [0.05, 0.1) is 35.6 Å². The van der Waals surface area contributed by atoms with E-state index in [1.54, 1.807) is 13.1 Å². The van der Waals surface area contributed by atoms with Gasteiger partial charge in [-0.25, -0.2) is 9.67 Å². The molecular formula is C23H25N5O3. The van der Waals surface area contributed by atoms with Gasteiger partial charge in [-0.15, -0.1) is 0 Å². The quantitative estimate of drug-likeness (QED) is 0.517. The van der Waals surface area contributed by atoms with Gasteiger partial charge in [-0.1, -0.05) is 12.1 Å². The maximum absolute atomic E-state index is 12.9. The van der Waals surface area contributed by atoms with Crippen LogP contribution >= 0.6 is 0 Å². The van der Waals surface area contributed by atoms with Gasteiger partial charge in [0.15, 0.2) is 6.23 Å². The molecule has 160 valence electrons. The molecule has 0 aliphatic carbocycles. The van der Waals surface area contributed by atoms with Crippen LogP contribution in [0, 0.1) is 0 Å². The molecule has 0 bridgehead atoms. The molecule has 1 saturated heterocycles. The SMILES string of the molecule is CC(O)c1ccc2nc(CNC(=O)c3cccc4c3cnn4C3CCCCO3)cn2c1. The zero-order valence-electron chi connectivity index (χ0n) is 17.4. The second-order valence-electron chi connectivity index (χ2n) is 7.97. The van der Waals surface area contributed by atoms with E-state index in [1.165, 1.54) is 0 Å². The highest BCUT2D eigenvalue weighted by Gasteiger charge is 2.20. The smallest absolute Gasteiger partial charge is 0.252 e. The summed E-state index contributed by atoms with van der Waals surface area (Å²) in [5.74, 6) is -0.170. The van der Waals surface area contributed by atoms with Crippen LogP contribution in [0.5, 0.6) is 0 Å². The van der Waals surface area contributed by atoms with Crippen LogP contribution in [0.4, 0.5) is 0 Å². The lowest BCUT2D eigenvalue weighted by molar-refractivity contribution is -0.0366. The van der Waals surface area contributed by atoms with E-state index in [2.05, 4.69) is 15.4 Å². The number of fused-ring (bicyclic) bond motifs is 2. The van der Waals surface area contributed by atoms with Gasteiger partial charge in [0, 0.05) is 24.4 Å². The zero-order valence-corrected chi connectivity index (χ0v) is 17.4. The van der Waals surface area contributed by atoms with Gasteiger partial charge < -0.3 is 19.6 Å². The molecule has 1 aliphatic heterocycles. The van der Waals surface area contributed by atoms with Crippen molar-refractivity contribution < 1.29 is 14.6 Å². The van der Waals surface area contributed by atoms with Crippen LogP contribution in [0.3, 0.4) is 0 Å². The predicted octanol–water partition coefficient (Wildman–Crippen LogP) is 3.37. The average Bonchev–Trinajstić information content (AvgIpc) is 3.41. The normalized spacial score (nSPS) is 17.8. The van der Waals surface area contributed by atoms with Gasteiger partial charge >= 0.3 is 0 Å². The van der Waals surface area contributed by atoms with E-state index >= 15 is 0 Å². The van der Waals surface area contributed by atoms with Crippen molar-refractivity contribution in [2.45, 2.75) is 45.1 Å². The number of pyridine rings is 1. The molecule has 1 fully saturated rings. The number of hydrogen-bond acceptors (Lipinski definition) is 5. The molecule has 2 unspecified atom stereocenters. The third kappa shape index (κ3) is 3.80. The number of imidazole rings is 1. The first-order valence-corrected chi connectivity index (χ1v) is 10.6. The first kappa shape index (κ1) is 19.7. The molecule has 4 heterocycles. The first-order valence-electron chi connectivity index (χ1n) is 10.6. The summed E-state index contributed by atoms with van der Waals surface area (Å²) in [6, 6.07) is 9.36. The lowest BCUT2D eigenvalue weighted by atomic mass is 10.1. The highest BCUT2D eigenvalue weighted by atomic mass is 16.5. The Morgan fingerprint density at radius 3 is 3.00 bits per heavy atom. The van der Waals surface area contributed by atoms with Crippen molar-refractivity contribution in [1.29, 1.82) is 0 Å². The number of carbonyl (C=O) groups excluding carboxylic acids is 1. The summed E-state index contributed by atoms with van der Waals surface area (Å²) in [5.41, 5.74) is 3.81. The number of aliphatic hydroxyl groups is 1. The molecule has 0 spiro atoms. The van der Waals surface area contributed by atoms with Crippen LogP contribution in [0.2, 0.25) is 0 Å². The molecule has 1 amide bonds. The maximum atomic E-state index is 12.9. The van der Waals surface area contributed by atoms with Crippen molar-refractivity contribution >= 4 is 22.5 Å². The van der Waals surface area contributed by atoms with Crippen LogP contribution < -0.4 is 5.32 Å². The Bertz CT molecular complexity index is 1240. The summed E-state index contributed by atoms with van der Waals surface area (Å²) >= 11 is 0. The molecule has 1 aliphatic rings. The lowest BCUT2D eigenvalue weighted by Crippen LogP contribution is -2.23. The highest BCUT2D eigenvalue weighted by molar-refractivity contribution is 6.06. The number of amides is 1. The number of benzene rings is 1. The van der Waals surface area contributed by atoms with Crippen molar-refractivity contribution in [3.63, 3.8) is 0 Å². The molecule has 5 rings (SSSR count). The third-order valence-electron chi connectivity index (χ3n) is 5.75. The number of ether oxygens (including phenoxy) is 1. The summed E-state index contributed by atoms with van der Waals surface area (Å²) in [6.45, 7) is 2.77. The second-order valence-corrected chi connectivity index (χ2v) is 7.97. The number of nitrogens with one attached hydrogen (secondary N) is 1. The van der Waals surface area contributed by atoms with Crippen molar-refractivity contribution in [3.05, 3.63) is 65.7 Å². The van der Waals surface area contributed by atoms with E-state index in [4.69, 9.17) is 4.74 Å². The molecule has 31 heavy (non-hydrogen) atoms. The fraction of sp³-hybridized carbons (Fsp3) is 0.348. The summed E-state index contributed by atoms with van der Waals surface area (Å²) < 4.78 is 9.60. The minimum absolute atomic E-state index is 0.0749. The number of aromatic nitrogens is 4. The molecule has 2 atom stereocenters. The van der Waals surface area contributed by atoms with Crippen molar-refractivity contribution in [3.8, 4) is 0 Å². The molecule has 4 aromatic rings. The fourth-order valence-electron chi connectivity index (χ4n) is 4.07.